The van der Waals surface area contributed by atoms with Crippen molar-refractivity contribution in [3.05, 3.63) is 58.6 Å². The average molecular weight is 342 g/mol. The number of halogens is 3. The van der Waals surface area contributed by atoms with Crippen molar-refractivity contribution in [2.24, 2.45) is 0 Å². The summed E-state index contributed by atoms with van der Waals surface area (Å²) in [6.45, 7) is -0.338. The van der Waals surface area contributed by atoms with Crippen LogP contribution in [0.3, 0.4) is 0 Å². The Morgan fingerprint density at radius 1 is 1.10 bits per heavy atom. The van der Waals surface area contributed by atoms with Gasteiger partial charge in [-0.3, -0.25) is 4.79 Å². The van der Waals surface area contributed by atoms with E-state index < -0.39 is 23.2 Å². The summed E-state index contributed by atoms with van der Waals surface area (Å²) in [5.41, 5.74) is -0.475. The molecule has 0 unspecified atom stereocenters. The highest BCUT2D eigenvalue weighted by Crippen LogP contribution is 2.18. The molecule has 2 aromatic carbocycles. The first-order valence-electron chi connectivity index (χ1n) is 5.68. The molecule has 0 fully saturated rings. The largest absolute Gasteiger partial charge is 0.484 e. The number of carbonyl (C=O) groups is 1. The Morgan fingerprint density at radius 3 is 2.30 bits per heavy atom. The molecule has 0 aliphatic rings. The summed E-state index contributed by atoms with van der Waals surface area (Å²) < 4.78 is 32.7. The number of ether oxygens (including phenoxy) is 1. The molecule has 0 bridgehead atoms. The van der Waals surface area contributed by atoms with Gasteiger partial charge < -0.3 is 10.1 Å². The summed E-state index contributed by atoms with van der Waals surface area (Å²) in [4.78, 5) is 11.6. The summed E-state index contributed by atoms with van der Waals surface area (Å²) in [5, 5.41) is 2.14. The van der Waals surface area contributed by atoms with Gasteiger partial charge in [0, 0.05) is 4.47 Å². The Balaban J connectivity index is 1.94. The standard InChI is InChI=1S/C14H10BrF2NO2/c15-9-4-6-10(7-5-9)20-8-13(19)18-14-11(16)2-1-3-12(14)17/h1-7H,8H2,(H,18,19). The van der Waals surface area contributed by atoms with Gasteiger partial charge in [-0.25, -0.2) is 8.78 Å². The Morgan fingerprint density at radius 2 is 1.70 bits per heavy atom. The van der Waals surface area contributed by atoms with Gasteiger partial charge in [-0.2, -0.15) is 0 Å². The predicted molar refractivity (Wildman–Crippen MR) is 74.6 cm³/mol. The zero-order valence-electron chi connectivity index (χ0n) is 10.2. The lowest BCUT2D eigenvalue weighted by atomic mass is 10.3. The van der Waals surface area contributed by atoms with Gasteiger partial charge in [0.05, 0.1) is 0 Å². The number of hydrogen-bond acceptors (Lipinski definition) is 2. The monoisotopic (exact) mass is 341 g/mol. The highest BCUT2D eigenvalue weighted by Gasteiger charge is 2.12. The van der Waals surface area contributed by atoms with Crippen LogP contribution in [0.1, 0.15) is 0 Å². The second-order valence-corrected chi connectivity index (χ2v) is 4.80. The minimum Gasteiger partial charge on any atom is -0.484 e. The number of para-hydroxylation sites is 1. The van der Waals surface area contributed by atoms with Gasteiger partial charge >= 0.3 is 0 Å². The molecule has 104 valence electrons. The van der Waals surface area contributed by atoms with E-state index in [1.807, 2.05) is 0 Å². The van der Waals surface area contributed by atoms with Crippen LogP contribution in [0.4, 0.5) is 14.5 Å². The zero-order valence-corrected chi connectivity index (χ0v) is 11.8. The maximum absolute atomic E-state index is 13.3. The van der Waals surface area contributed by atoms with Crippen LogP contribution in [-0.4, -0.2) is 12.5 Å². The quantitative estimate of drug-likeness (QED) is 0.919. The predicted octanol–water partition coefficient (Wildman–Crippen LogP) is 3.74. The van der Waals surface area contributed by atoms with E-state index in [1.54, 1.807) is 24.3 Å². The summed E-state index contributed by atoms with van der Waals surface area (Å²) >= 11 is 3.27. The van der Waals surface area contributed by atoms with Gasteiger partial charge in [-0.1, -0.05) is 22.0 Å². The second kappa shape index (κ2) is 6.47. The van der Waals surface area contributed by atoms with Crippen molar-refractivity contribution in [1.82, 2.24) is 0 Å². The summed E-state index contributed by atoms with van der Waals surface area (Å²) in [6, 6.07) is 10.2. The van der Waals surface area contributed by atoms with Gasteiger partial charge in [0.2, 0.25) is 0 Å². The van der Waals surface area contributed by atoms with E-state index in [0.29, 0.717) is 5.75 Å². The first kappa shape index (κ1) is 14.5. The van der Waals surface area contributed by atoms with Crippen molar-refractivity contribution in [2.75, 3.05) is 11.9 Å². The van der Waals surface area contributed by atoms with Crippen molar-refractivity contribution in [2.45, 2.75) is 0 Å². The van der Waals surface area contributed by atoms with Gasteiger partial charge in [-0.05, 0) is 36.4 Å². The topological polar surface area (TPSA) is 38.3 Å². The van der Waals surface area contributed by atoms with E-state index >= 15 is 0 Å². The van der Waals surface area contributed by atoms with E-state index in [2.05, 4.69) is 21.2 Å². The van der Waals surface area contributed by atoms with Crippen molar-refractivity contribution in [3.63, 3.8) is 0 Å². The SMILES string of the molecule is O=C(COc1ccc(Br)cc1)Nc1c(F)cccc1F. The molecular weight excluding hydrogens is 332 g/mol. The maximum atomic E-state index is 13.3. The van der Waals surface area contributed by atoms with Crippen LogP contribution in [0, 0.1) is 11.6 Å². The Labute approximate surface area is 122 Å². The molecule has 2 rings (SSSR count). The van der Waals surface area contributed by atoms with Crippen molar-refractivity contribution >= 4 is 27.5 Å². The van der Waals surface area contributed by atoms with Crippen LogP contribution in [0.15, 0.2) is 46.9 Å². The number of nitrogens with one attached hydrogen (secondary N) is 1. The first-order chi connectivity index (χ1) is 9.56. The molecule has 0 aliphatic heterocycles. The molecule has 0 spiro atoms. The molecule has 0 radical (unpaired) electrons. The molecule has 0 saturated carbocycles. The number of amides is 1. The molecular formula is C14H10BrF2NO2. The molecule has 2 aromatic rings. The lowest BCUT2D eigenvalue weighted by Gasteiger charge is -2.09. The van der Waals surface area contributed by atoms with Crippen LogP contribution in [0.2, 0.25) is 0 Å². The molecule has 0 saturated heterocycles. The number of hydrogen-bond donors (Lipinski definition) is 1. The highest BCUT2D eigenvalue weighted by atomic mass is 79.9. The Hall–Kier alpha value is -1.95. The van der Waals surface area contributed by atoms with Gasteiger partial charge in [0.25, 0.3) is 5.91 Å². The second-order valence-electron chi connectivity index (χ2n) is 3.89. The van der Waals surface area contributed by atoms with Crippen LogP contribution >= 0.6 is 15.9 Å². The van der Waals surface area contributed by atoms with E-state index in [0.717, 1.165) is 16.6 Å². The van der Waals surface area contributed by atoms with Gasteiger partial charge in [0.1, 0.15) is 23.1 Å². The summed E-state index contributed by atoms with van der Waals surface area (Å²) in [7, 11) is 0. The lowest BCUT2D eigenvalue weighted by Crippen LogP contribution is -2.21. The van der Waals surface area contributed by atoms with Gasteiger partial charge in [-0.15, -0.1) is 0 Å². The van der Waals surface area contributed by atoms with Crippen molar-refractivity contribution in [3.8, 4) is 5.75 Å². The number of benzene rings is 2. The molecule has 1 amide bonds. The first-order valence-corrected chi connectivity index (χ1v) is 6.48. The molecule has 6 heteroatoms. The van der Waals surface area contributed by atoms with Gasteiger partial charge in [0.15, 0.2) is 6.61 Å². The van der Waals surface area contributed by atoms with E-state index in [-0.39, 0.29) is 6.61 Å². The number of anilines is 1. The third kappa shape index (κ3) is 3.77. The third-order valence-corrected chi connectivity index (χ3v) is 2.94. The summed E-state index contributed by atoms with van der Waals surface area (Å²) in [6.07, 6.45) is 0. The van der Waals surface area contributed by atoms with E-state index in [4.69, 9.17) is 4.74 Å². The van der Waals surface area contributed by atoms with E-state index in [1.165, 1.54) is 6.07 Å². The molecule has 20 heavy (non-hydrogen) atoms. The van der Waals surface area contributed by atoms with Crippen LogP contribution in [0.5, 0.6) is 5.75 Å². The minimum absolute atomic E-state index is 0.338. The normalized spacial score (nSPS) is 10.2. The third-order valence-electron chi connectivity index (χ3n) is 2.41. The average Bonchev–Trinajstić information content (AvgIpc) is 2.42. The van der Waals surface area contributed by atoms with Crippen LogP contribution in [0.25, 0.3) is 0 Å². The smallest absolute Gasteiger partial charge is 0.262 e. The molecule has 3 nitrogen and oxygen atoms in total. The fourth-order valence-electron chi connectivity index (χ4n) is 1.47. The highest BCUT2D eigenvalue weighted by molar-refractivity contribution is 9.10. The van der Waals surface area contributed by atoms with Crippen LogP contribution in [-0.2, 0) is 4.79 Å². The van der Waals surface area contributed by atoms with Crippen molar-refractivity contribution < 1.29 is 18.3 Å². The van der Waals surface area contributed by atoms with Crippen molar-refractivity contribution in [1.29, 1.82) is 0 Å². The van der Waals surface area contributed by atoms with Crippen LogP contribution < -0.4 is 10.1 Å². The number of rotatable bonds is 4. The number of carbonyl (C=O) groups excluding carboxylic acids is 1. The maximum Gasteiger partial charge on any atom is 0.262 e. The zero-order chi connectivity index (χ0) is 14.5. The molecule has 0 aromatic heterocycles. The lowest BCUT2D eigenvalue weighted by molar-refractivity contribution is -0.118. The minimum atomic E-state index is -0.831. The molecule has 0 aliphatic carbocycles. The molecule has 0 heterocycles. The summed E-state index contributed by atoms with van der Waals surface area (Å²) in [5.74, 6) is -1.82. The molecule has 1 N–H and O–H groups in total. The molecule has 0 atom stereocenters. The Bertz CT molecular complexity index is 597. The van der Waals surface area contributed by atoms with E-state index in [9.17, 15) is 13.6 Å². The fraction of sp³-hybridized carbons (Fsp3) is 0.0714. The Kier molecular flexibility index (Phi) is 4.68. The fourth-order valence-corrected chi connectivity index (χ4v) is 1.74.